The van der Waals surface area contributed by atoms with Gasteiger partial charge < -0.3 is 0 Å². The van der Waals surface area contributed by atoms with Crippen LogP contribution in [0.5, 0.6) is 0 Å². The third-order valence-electron chi connectivity index (χ3n) is 2.33. The number of benzene rings is 2. The van der Waals surface area contributed by atoms with Gasteiger partial charge in [-0.3, -0.25) is 0 Å². The van der Waals surface area contributed by atoms with Crippen molar-refractivity contribution in [3.05, 3.63) is 54.3 Å². The summed E-state index contributed by atoms with van der Waals surface area (Å²) in [4.78, 5) is 0.919. The van der Waals surface area contributed by atoms with Crippen LogP contribution in [0.25, 0.3) is 11.0 Å². The van der Waals surface area contributed by atoms with Crippen molar-refractivity contribution in [3.8, 4) is 0 Å². The van der Waals surface area contributed by atoms with Crippen LogP contribution in [0.1, 0.15) is 0 Å². The molecular weight excluding hydrogens is 237 g/mol. The quantitative estimate of drug-likeness (QED) is 0.695. The lowest BCUT2D eigenvalue weighted by molar-refractivity contribution is 0.626. The average Bonchev–Trinajstić information content (AvgIpc) is 2.76. The Balaban J connectivity index is 1.97. The fraction of sp³-hybridized carbons (Fsp3) is 0. The van der Waals surface area contributed by atoms with Crippen LogP contribution in [0.15, 0.2) is 53.4 Å². The predicted molar refractivity (Wildman–Crippen MR) is 65.2 cm³/mol. The molecule has 0 saturated heterocycles. The van der Waals surface area contributed by atoms with Gasteiger partial charge in [0.25, 0.3) is 0 Å². The van der Waals surface area contributed by atoms with E-state index in [0.717, 1.165) is 15.9 Å². The lowest BCUT2D eigenvalue weighted by Gasteiger charge is -2.00. The molecule has 0 N–H and O–H groups in total. The molecule has 0 amide bonds. The molecule has 0 radical (unpaired) electrons. The molecule has 0 atom stereocenters. The zero-order chi connectivity index (χ0) is 11.7. The number of hydrogen-bond acceptors (Lipinski definition) is 3. The summed E-state index contributed by atoms with van der Waals surface area (Å²) in [6.07, 6.45) is 0. The molecule has 3 nitrogen and oxygen atoms in total. The zero-order valence-corrected chi connectivity index (χ0v) is 9.56. The van der Waals surface area contributed by atoms with Crippen LogP contribution in [-0.2, 0) is 0 Å². The third-order valence-corrected chi connectivity index (χ3v) is 3.25. The topological polar surface area (TPSA) is 30.7 Å². The van der Waals surface area contributed by atoms with Gasteiger partial charge in [0, 0.05) is 16.8 Å². The van der Waals surface area contributed by atoms with Crippen molar-refractivity contribution in [1.29, 1.82) is 0 Å². The number of rotatable bonds is 2. The molecular formula is C12H8FN3S. The predicted octanol–water partition coefficient (Wildman–Crippen LogP) is 3.13. The Bertz CT molecular complexity index is 648. The van der Waals surface area contributed by atoms with E-state index >= 15 is 0 Å². The van der Waals surface area contributed by atoms with E-state index in [4.69, 9.17) is 0 Å². The summed E-state index contributed by atoms with van der Waals surface area (Å²) in [5, 5.41) is 8.10. The van der Waals surface area contributed by atoms with E-state index in [1.54, 1.807) is 16.2 Å². The van der Waals surface area contributed by atoms with Crippen molar-refractivity contribution >= 4 is 23.0 Å². The smallest absolute Gasteiger partial charge is 0.123 e. The maximum absolute atomic E-state index is 12.8. The minimum atomic E-state index is -0.238. The first-order valence-corrected chi connectivity index (χ1v) is 5.85. The van der Waals surface area contributed by atoms with E-state index in [0.29, 0.717) is 0 Å². The summed E-state index contributed by atoms with van der Waals surface area (Å²) >= 11 is 1.41. The lowest BCUT2D eigenvalue weighted by Crippen LogP contribution is -1.89. The Kier molecular flexibility index (Phi) is 2.53. The summed E-state index contributed by atoms with van der Waals surface area (Å²) in [7, 11) is 0. The Morgan fingerprint density at radius 1 is 1.00 bits per heavy atom. The number of fused-ring (bicyclic) bond motifs is 1. The van der Waals surface area contributed by atoms with Gasteiger partial charge in [0.15, 0.2) is 0 Å². The minimum Gasteiger partial charge on any atom is -0.207 e. The van der Waals surface area contributed by atoms with Gasteiger partial charge in [0.1, 0.15) is 16.9 Å². The van der Waals surface area contributed by atoms with Crippen molar-refractivity contribution in [2.75, 3.05) is 0 Å². The van der Waals surface area contributed by atoms with Crippen LogP contribution in [-0.4, -0.2) is 14.4 Å². The van der Waals surface area contributed by atoms with Gasteiger partial charge in [-0.05, 0) is 36.4 Å². The molecule has 5 heteroatoms. The Hall–Kier alpha value is -1.88. The first kappa shape index (κ1) is 10.3. The van der Waals surface area contributed by atoms with Crippen LogP contribution in [0.3, 0.4) is 0 Å². The molecule has 3 rings (SSSR count). The van der Waals surface area contributed by atoms with Gasteiger partial charge in [-0.15, -0.1) is 5.10 Å². The second kappa shape index (κ2) is 4.18. The molecule has 0 spiro atoms. The van der Waals surface area contributed by atoms with Crippen LogP contribution in [0, 0.1) is 5.82 Å². The summed E-state index contributed by atoms with van der Waals surface area (Å²) in [5.74, 6) is -0.238. The fourth-order valence-corrected chi connectivity index (χ4v) is 2.29. The molecule has 3 aromatic rings. The normalized spacial score (nSPS) is 10.9. The fourth-order valence-electron chi connectivity index (χ4n) is 1.51. The number of halogens is 1. The third kappa shape index (κ3) is 2.01. The van der Waals surface area contributed by atoms with E-state index in [1.165, 1.54) is 24.1 Å². The first-order valence-electron chi connectivity index (χ1n) is 5.07. The second-order valence-corrected chi connectivity index (χ2v) is 4.50. The maximum Gasteiger partial charge on any atom is 0.123 e. The molecule has 2 aromatic carbocycles. The highest BCUT2D eigenvalue weighted by Gasteiger charge is 2.04. The molecule has 0 unspecified atom stereocenters. The van der Waals surface area contributed by atoms with Crippen molar-refractivity contribution in [2.45, 2.75) is 4.90 Å². The summed E-state index contributed by atoms with van der Waals surface area (Å²) in [6, 6.07) is 14.0. The van der Waals surface area contributed by atoms with Crippen LogP contribution >= 0.6 is 11.9 Å². The highest BCUT2D eigenvalue weighted by Crippen LogP contribution is 2.23. The zero-order valence-electron chi connectivity index (χ0n) is 8.75. The highest BCUT2D eigenvalue weighted by atomic mass is 32.2. The molecule has 0 bridgehead atoms. The van der Waals surface area contributed by atoms with E-state index in [9.17, 15) is 4.39 Å². The number of para-hydroxylation sites is 1. The van der Waals surface area contributed by atoms with Gasteiger partial charge in [0.2, 0.25) is 0 Å². The average molecular weight is 245 g/mol. The molecule has 1 aromatic heterocycles. The van der Waals surface area contributed by atoms with E-state index in [1.807, 2.05) is 24.3 Å². The second-order valence-electron chi connectivity index (χ2n) is 3.50. The molecule has 84 valence electrons. The Morgan fingerprint density at radius 3 is 2.59 bits per heavy atom. The number of hydrogen-bond donors (Lipinski definition) is 0. The van der Waals surface area contributed by atoms with Crippen molar-refractivity contribution in [3.63, 3.8) is 0 Å². The standard InChI is InChI=1S/C12H8FN3S/c13-9-5-7-10(8-6-9)17-16-12-4-2-1-3-11(12)14-15-16/h1-8H. The largest absolute Gasteiger partial charge is 0.207 e. The molecule has 1 heterocycles. The van der Waals surface area contributed by atoms with E-state index in [2.05, 4.69) is 10.3 Å². The Labute approximate surface area is 101 Å². The first-order chi connectivity index (χ1) is 8.33. The van der Waals surface area contributed by atoms with Crippen LogP contribution < -0.4 is 0 Å². The minimum absolute atomic E-state index is 0.238. The van der Waals surface area contributed by atoms with Crippen molar-refractivity contribution in [2.24, 2.45) is 0 Å². The molecule has 0 aliphatic rings. The number of aromatic nitrogens is 3. The highest BCUT2D eigenvalue weighted by molar-refractivity contribution is 7.97. The van der Waals surface area contributed by atoms with Gasteiger partial charge >= 0.3 is 0 Å². The Morgan fingerprint density at radius 2 is 1.76 bits per heavy atom. The monoisotopic (exact) mass is 245 g/mol. The van der Waals surface area contributed by atoms with Gasteiger partial charge in [0.05, 0.1) is 0 Å². The van der Waals surface area contributed by atoms with Crippen LogP contribution in [0.4, 0.5) is 4.39 Å². The van der Waals surface area contributed by atoms with Gasteiger partial charge in [-0.25, -0.2) is 4.39 Å². The molecule has 17 heavy (non-hydrogen) atoms. The molecule has 0 saturated carbocycles. The molecule has 0 aliphatic heterocycles. The van der Waals surface area contributed by atoms with Gasteiger partial charge in [-0.1, -0.05) is 17.3 Å². The maximum atomic E-state index is 12.8. The summed E-state index contributed by atoms with van der Waals surface area (Å²) < 4.78 is 14.5. The summed E-state index contributed by atoms with van der Waals surface area (Å²) in [5.41, 5.74) is 1.80. The SMILES string of the molecule is Fc1ccc(Sn2nnc3ccccc32)cc1. The van der Waals surface area contributed by atoms with Crippen LogP contribution in [0.2, 0.25) is 0 Å². The van der Waals surface area contributed by atoms with Crippen molar-refractivity contribution < 1.29 is 4.39 Å². The van der Waals surface area contributed by atoms with E-state index < -0.39 is 0 Å². The van der Waals surface area contributed by atoms with E-state index in [-0.39, 0.29) is 5.82 Å². The molecule has 0 aliphatic carbocycles. The number of nitrogens with zero attached hydrogens (tertiary/aromatic N) is 3. The summed E-state index contributed by atoms with van der Waals surface area (Å²) in [6.45, 7) is 0. The molecule has 0 fully saturated rings. The van der Waals surface area contributed by atoms with Gasteiger partial charge in [-0.2, -0.15) is 4.09 Å². The lowest BCUT2D eigenvalue weighted by atomic mass is 10.3. The van der Waals surface area contributed by atoms with Crippen molar-refractivity contribution in [1.82, 2.24) is 14.4 Å².